The van der Waals surface area contributed by atoms with Crippen molar-refractivity contribution in [2.24, 2.45) is 0 Å². The first-order valence-corrected chi connectivity index (χ1v) is 6.92. The van der Waals surface area contributed by atoms with Crippen molar-refractivity contribution in [2.45, 2.75) is 13.3 Å². The summed E-state index contributed by atoms with van der Waals surface area (Å²) in [6.07, 6.45) is 0.791. The molecule has 1 N–H and O–H groups in total. The molecular weight excluding hydrogens is 264 g/mol. The first-order chi connectivity index (χ1) is 10.1. The largest absolute Gasteiger partial charge is 0.318 e. The first kappa shape index (κ1) is 13.4. The molecule has 1 aliphatic rings. The van der Waals surface area contributed by atoms with E-state index in [2.05, 4.69) is 5.32 Å². The van der Waals surface area contributed by atoms with Crippen molar-refractivity contribution in [3.63, 3.8) is 0 Å². The molecule has 2 aromatic rings. The number of para-hydroxylation sites is 1. The zero-order valence-electron chi connectivity index (χ0n) is 11.8. The van der Waals surface area contributed by atoms with E-state index in [0.29, 0.717) is 12.2 Å². The summed E-state index contributed by atoms with van der Waals surface area (Å²) in [6, 6.07) is 15.1. The fraction of sp³-hybridized carbons (Fsp3) is 0.176. The van der Waals surface area contributed by atoms with Crippen LogP contribution in [0.25, 0.3) is 0 Å². The molecule has 0 aliphatic carbocycles. The Morgan fingerprint density at radius 2 is 1.76 bits per heavy atom. The summed E-state index contributed by atoms with van der Waals surface area (Å²) in [5.74, 6) is -1.11. The lowest BCUT2D eigenvalue weighted by Gasteiger charge is -2.16. The summed E-state index contributed by atoms with van der Waals surface area (Å²) in [4.78, 5) is 25.9. The number of amides is 2. The number of carbonyl (C=O) groups is 2. The van der Waals surface area contributed by atoms with Crippen LogP contribution >= 0.6 is 0 Å². The SMILES string of the molecule is Cc1ccc(NC(=O)C(=O)N2CCc3ccccc32)cc1. The fourth-order valence-electron chi connectivity index (χ4n) is 2.49. The third kappa shape index (κ3) is 2.65. The van der Waals surface area contributed by atoms with Gasteiger partial charge in [-0.05, 0) is 37.1 Å². The minimum Gasteiger partial charge on any atom is -0.318 e. The van der Waals surface area contributed by atoms with Crippen molar-refractivity contribution in [3.8, 4) is 0 Å². The first-order valence-electron chi connectivity index (χ1n) is 6.92. The molecule has 106 valence electrons. The Morgan fingerprint density at radius 1 is 1.05 bits per heavy atom. The van der Waals surface area contributed by atoms with Crippen molar-refractivity contribution in [2.75, 3.05) is 16.8 Å². The van der Waals surface area contributed by atoms with Crippen LogP contribution in [-0.4, -0.2) is 18.4 Å². The smallest absolute Gasteiger partial charge is 0.316 e. The predicted molar refractivity (Wildman–Crippen MR) is 82.3 cm³/mol. The van der Waals surface area contributed by atoms with Crippen molar-refractivity contribution in [3.05, 3.63) is 59.7 Å². The molecule has 1 aliphatic heterocycles. The summed E-state index contributed by atoms with van der Waals surface area (Å²) in [5, 5.41) is 2.65. The van der Waals surface area contributed by atoms with Crippen LogP contribution in [0, 0.1) is 6.92 Å². The van der Waals surface area contributed by atoms with E-state index in [0.717, 1.165) is 23.2 Å². The summed E-state index contributed by atoms with van der Waals surface area (Å²) in [5.41, 5.74) is 3.68. The number of anilines is 2. The predicted octanol–water partition coefficient (Wildman–Crippen LogP) is 2.52. The molecule has 4 nitrogen and oxygen atoms in total. The minimum atomic E-state index is -0.601. The Labute approximate surface area is 123 Å². The minimum absolute atomic E-state index is 0.513. The molecule has 0 saturated carbocycles. The normalized spacial score (nSPS) is 12.9. The number of nitrogens with zero attached hydrogens (tertiary/aromatic N) is 1. The molecule has 0 unspecified atom stereocenters. The molecule has 2 aromatic carbocycles. The van der Waals surface area contributed by atoms with Gasteiger partial charge in [-0.2, -0.15) is 0 Å². The maximum Gasteiger partial charge on any atom is 0.316 e. The zero-order valence-corrected chi connectivity index (χ0v) is 11.8. The van der Waals surface area contributed by atoms with E-state index in [4.69, 9.17) is 0 Å². The van der Waals surface area contributed by atoms with Gasteiger partial charge < -0.3 is 10.2 Å². The summed E-state index contributed by atoms with van der Waals surface area (Å²) in [6.45, 7) is 2.53. The van der Waals surface area contributed by atoms with Gasteiger partial charge in [0.25, 0.3) is 0 Å². The van der Waals surface area contributed by atoms with E-state index in [1.165, 1.54) is 0 Å². The maximum atomic E-state index is 12.3. The molecule has 1 heterocycles. The summed E-state index contributed by atoms with van der Waals surface area (Å²) >= 11 is 0. The van der Waals surface area contributed by atoms with Crippen molar-refractivity contribution >= 4 is 23.2 Å². The second-order valence-corrected chi connectivity index (χ2v) is 5.16. The molecule has 0 fully saturated rings. The van der Waals surface area contributed by atoms with Gasteiger partial charge in [-0.15, -0.1) is 0 Å². The number of nitrogens with one attached hydrogen (secondary N) is 1. The van der Waals surface area contributed by atoms with Gasteiger partial charge in [0.2, 0.25) is 0 Å². The summed E-state index contributed by atoms with van der Waals surface area (Å²) in [7, 11) is 0. The molecule has 4 heteroatoms. The Kier molecular flexibility index (Phi) is 3.44. The molecule has 0 bridgehead atoms. The number of aryl methyl sites for hydroxylation is 1. The molecule has 0 saturated heterocycles. The lowest BCUT2D eigenvalue weighted by Crippen LogP contribution is -2.38. The van der Waals surface area contributed by atoms with E-state index in [1.807, 2.05) is 43.3 Å². The second kappa shape index (κ2) is 5.40. The van der Waals surface area contributed by atoms with Crippen molar-refractivity contribution < 1.29 is 9.59 Å². The van der Waals surface area contributed by atoms with Crippen LogP contribution in [0.1, 0.15) is 11.1 Å². The Morgan fingerprint density at radius 3 is 2.52 bits per heavy atom. The van der Waals surface area contributed by atoms with Gasteiger partial charge in [-0.25, -0.2) is 0 Å². The van der Waals surface area contributed by atoms with Crippen molar-refractivity contribution in [1.29, 1.82) is 0 Å². The number of rotatable bonds is 1. The number of hydrogen-bond donors (Lipinski definition) is 1. The standard InChI is InChI=1S/C17H16N2O2/c1-12-6-8-14(9-7-12)18-16(20)17(21)19-11-10-13-4-2-3-5-15(13)19/h2-9H,10-11H2,1H3,(H,18,20). The molecule has 0 atom stereocenters. The van der Waals surface area contributed by atoms with Gasteiger partial charge in [0, 0.05) is 17.9 Å². The molecule has 2 amide bonds. The van der Waals surface area contributed by atoms with Crippen LogP contribution < -0.4 is 10.2 Å². The highest BCUT2D eigenvalue weighted by atomic mass is 16.2. The lowest BCUT2D eigenvalue weighted by molar-refractivity contribution is -0.134. The number of carbonyl (C=O) groups excluding carboxylic acids is 2. The highest BCUT2D eigenvalue weighted by Crippen LogP contribution is 2.27. The van der Waals surface area contributed by atoms with Crippen LogP contribution in [0.4, 0.5) is 11.4 Å². The Hall–Kier alpha value is -2.62. The van der Waals surface area contributed by atoms with E-state index in [1.54, 1.807) is 17.0 Å². The Balaban J connectivity index is 1.74. The van der Waals surface area contributed by atoms with Crippen LogP contribution in [-0.2, 0) is 16.0 Å². The third-order valence-electron chi connectivity index (χ3n) is 3.64. The molecule has 0 aromatic heterocycles. The van der Waals surface area contributed by atoms with E-state index in [-0.39, 0.29) is 0 Å². The van der Waals surface area contributed by atoms with E-state index >= 15 is 0 Å². The molecule has 21 heavy (non-hydrogen) atoms. The van der Waals surface area contributed by atoms with Crippen LogP contribution in [0.3, 0.4) is 0 Å². The van der Waals surface area contributed by atoms with E-state index in [9.17, 15) is 9.59 Å². The average Bonchev–Trinajstić information content (AvgIpc) is 2.92. The summed E-state index contributed by atoms with van der Waals surface area (Å²) < 4.78 is 0. The highest BCUT2D eigenvalue weighted by molar-refractivity contribution is 6.44. The lowest BCUT2D eigenvalue weighted by atomic mass is 10.2. The molecule has 0 radical (unpaired) electrons. The van der Waals surface area contributed by atoms with Gasteiger partial charge >= 0.3 is 11.8 Å². The monoisotopic (exact) mass is 280 g/mol. The van der Waals surface area contributed by atoms with Gasteiger partial charge in [0.1, 0.15) is 0 Å². The molecular formula is C17H16N2O2. The van der Waals surface area contributed by atoms with Gasteiger partial charge in [0.05, 0.1) is 0 Å². The Bertz CT molecular complexity index is 692. The average molecular weight is 280 g/mol. The van der Waals surface area contributed by atoms with Gasteiger partial charge in [0.15, 0.2) is 0 Å². The van der Waals surface area contributed by atoms with Crippen molar-refractivity contribution in [1.82, 2.24) is 0 Å². The number of fused-ring (bicyclic) bond motifs is 1. The highest BCUT2D eigenvalue weighted by Gasteiger charge is 2.28. The van der Waals surface area contributed by atoms with Crippen LogP contribution in [0.2, 0.25) is 0 Å². The second-order valence-electron chi connectivity index (χ2n) is 5.16. The van der Waals surface area contributed by atoms with Gasteiger partial charge in [-0.1, -0.05) is 35.9 Å². The van der Waals surface area contributed by atoms with Gasteiger partial charge in [-0.3, -0.25) is 9.59 Å². The third-order valence-corrected chi connectivity index (χ3v) is 3.64. The maximum absolute atomic E-state index is 12.3. The van der Waals surface area contributed by atoms with E-state index < -0.39 is 11.8 Å². The van der Waals surface area contributed by atoms with Crippen LogP contribution in [0.5, 0.6) is 0 Å². The zero-order chi connectivity index (χ0) is 14.8. The number of benzene rings is 2. The molecule has 0 spiro atoms. The fourth-order valence-corrected chi connectivity index (χ4v) is 2.49. The number of hydrogen-bond acceptors (Lipinski definition) is 2. The van der Waals surface area contributed by atoms with Crippen LogP contribution in [0.15, 0.2) is 48.5 Å². The quantitative estimate of drug-likeness (QED) is 0.816. The topological polar surface area (TPSA) is 49.4 Å². The molecule has 3 rings (SSSR count).